The van der Waals surface area contributed by atoms with Crippen molar-refractivity contribution in [3.8, 4) is 0 Å². The molecule has 180 valence electrons. The molecule has 0 bridgehead atoms. The van der Waals surface area contributed by atoms with Crippen LogP contribution in [-0.4, -0.2) is 47.3 Å². The van der Waals surface area contributed by atoms with Gasteiger partial charge in [-0.2, -0.15) is 11.8 Å². The van der Waals surface area contributed by atoms with Crippen molar-refractivity contribution in [3.05, 3.63) is 24.2 Å². The normalized spacial score (nSPS) is 46.0. The van der Waals surface area contributed by atoms with Crippen LogP contribution >= 0.6 is 11.8 Å². The summed E-state index contributed by atoms with van der Waals surface area (Å²) in [4.78, 5) is 2.31. The van der Waals surface area contributed by atoms with Crippen LogP contribution in [-0.2, 0) is 0 Å². The fourth-order valence-electron chi connectivity index (χ4n) is 8.98. The summed E-state index contributed by atoms with van der Waals surface area (Å²) >= 11 is 2.25. The smallest absolute Gasteiger partial charge is 0.0937 e. The molecule has 3 nitrogen and oxygen atoms in total. The molecule has 0 amide bonds. The van der Waals surface area contributed by atoms with Crippen molar-refractivity contribution in [3.63, 3.8) is 0 Å². The molecule has 0 aliphatic heterocycles. The number of rotatable bonds is 6. The second-order valence-corrected chi connectivity index (χ2v) is 13.9. The zero-order chi connectivity index (χ0) is 22.6. The summed E-state index contributed by atoms with van der Waals surface area (Å²) in [5, 5.41) is 13.2. The van der Waals surface area contributed by atoms with Crippen LogP contribution in [0.4, 0.5) is 0 Å². The zero-order valence-corrected chi connectivity index (χ0v) is 21.6. The SMILES string of the molecule is CN(C)CCCSC1CC[C@@]2(C)C(CC[C@@H]3[C@H]2CC[C@]2(C)C(c4ccoc4)CC[C@@]32O)C1. The lowest BCUT2D eigenvalue weighted by molar-refractivity contribution is -0.200. The Bertz CT molecular complexity index is 780. The molecule has 4 fully saturated rings. The van der Waals surface area contributed by atoms with Gasteiger partial charge in [0.05, 0.1) is 18.1 Å². The molecule has 4 saturated carbocycles. The molecule has 4 aliphatic carbocycles. The highest BCUT2D eigenvalue weighted by Crippen LogP contribution is 2.70. The van der Waals surface area contributed by atoms with Crippen LogP contribution in [0, 0.1) is 28.6 Å². The van der Waals surface area contributed by atoms with Crippen molar-refractivity contribution < 1.29 is 9.52 Å². The van der Waals surface area contributed by atoms with Crippen molar-refractivity contribution in [2.75, 3.05) is 26.4 Å². The van der Waals surface area contributed by atoms with E-state index in [4.69, 9.17) is 4.42 Å². The summed E-state index contributed by atoms with van der Waals surface area (Å²) in [5.74, 6) is 3.83. The molecular weight excluding hydrogens is 414 g/mol. The van der Waals surface area contributed by atoms with Crippen LogP contribution in [0.2, 0.25) is 0 Å². The fourth-order valence-corrected chi connectivity index (χ4v) is 10.3. The monoisotopic (exact) mass is 459 g/mol. The van der Waals surface area contributed by atoms with Crippen LogP contribution in [0.1, 0.15) is 89.5 Å². The van der Waals surface area contributed by atoms with Gasteiger partial charge in [0.1, 0.15) is 0 Å². The van der Waals surface area contributed by atoms with Crippen LogP contribution in [0.3, 0.4) is 0 Å². The number of hydrogen-bond acceptors (Lipinski definition) is 4. The Morgan fingerprint density at radius 1 is 1.06 bits per heavy atom. The summed E-state index contributed by atoms with van der Waals surface area (Å²) in [6.07, 6.45) is 16.4. The van der Waals surface area contributed by atoms with E-state index in [-0.39, 0.29) is 5.41 Å². The average molecular weight is 460 g/mol. The summed E-state index contributed by atoms with van der Waals surface area (Å²) in [6, 6.07) is 2.14. The van der Waals surface area contributed by atoms with E-state index >= 15 is 0 Å². The second kappa shape index (κ2) is 8.64. The second-order valence-electron chi connectivity index (χ2n) is 12.4. The maximum Gasteiger partial charge on any atom is 0.0937 e. The number of thioether (sulfide) groups is 1. The van der Waals surface area contributed by atoms with Crippen molar-refractivity contribution >= 4 is 11.8 Å². The van der Waals surface area contributed by atoms with Crippen LogP contribution in [0.5, 0.6) is 0 Å². The van der Waals surface area contributed by atoms with Crippen LogP contribution in [0.25, 0.3) is 0 Å². The van der Waals surface area contributed by atoms with Gasteiger partial charge in [0.2, 0.25) is 0 Å². The Morgan fingerprint density at radius 2 is 1.91 bits per heavy atom. The Kier molecular flexibility index (Phi) is 6.29. The van der Waals surface area contributed by atoms with Crippen molar-refractivity contribution in [2.24, 2.45) is 28.6 Å². The van der Waals surface area contributed by atoms with Crippen molar-refractivity contribution in [2.45, 2.75) is 94.8 Å². The summed E-state index contributed by atoms with van der Waals surface area (Å²) < 4.78 is 5.45. The number of hydrogen-bond donors (Lipinski definition) is 1. The van der Waals surface area contributed by atoms with Crippen LogP contribution in [0.15, 0.2) is 23.0 Å². The van der Waals surface area contributed by atoms with Gasteiger partial charge in [-0.25, -0.2) is 0 Å². The molecule has 4 aliphatic rings. The van der Waals surface area contributed by atoms with Crippen LogP contribution < -0.4 is 0 Å². The van der Waals surface area contributed by atoms with Gasteiger partial charge < -0.3 is 14.4 Å². The molecule has 8 atom stereocenters. The van der Waals surface area contributed by atoms with Gasteiger partial charge in [0.25, 0.3) is 0 Å². The average Bonchev–Trinajstić information content (AvgIpc) is 3.37. The first-order valence-electron chi connectivity index (χ1n) is 13.3. The molecule has 0 saturated heterocycles. The molecule has 5 rings (SSSR count). The van der Waals surface area contributed by atoms with Crippen molar-refractivity contribution in [1.29, 1.82) is 0 Å². The predicted molar refractivity (Wildman–Crippen MR) is 134 cm³/mol. The fraction of sp³-hybridized carbons (Fsp3) is 0.857. The first-order chi connectivity index (χ1) is 15.3. The Morgan fingerprint density at radius 3 is 2.66 bits per heavy atom. The summed E-state index contributed by atoms with van der Waals surface area (Å²) in [6.45, 7) is 6.24. The van der Waals surface area contributed by atoms with Gasteiger partial charge in [-0.3, -0.25) is 0 Å². The molecule has 32 heavy (non-hydrogen) atoms. The lowest BCUT2D eigenvalue weighted by atomic mass is 9.43. The molecule has 0 aromatic carbocycles. The Balaban J connectivity index is 1.28. The quantitative estimate of drug-likeness (QED) is 0.488. The lowest BCUT2D eigenvalue weighted by Gasteiger charge is -2.63. The minimum atomic E-state index is -0.496. The number of aliphatic hydroxyl groups is 1. The van der Waals surface area contributed by atoms with Gasteiger partial charge in [-0.15, -0.1) is 0 Å². The van der Waals surface area contributed by atoms with E-state index in [1.54, 1.807) is 0 Å². The van der Waals surface area contributed by atoms with E-state index in [1.807, 2.05) is 12.5 Å². The van der Waals surface area contributed by atoms with Gasteiger partial charge in [0.15, 0.2) is 0 Å². The maximum absolute atomic E-state index is 12.3. The molecule has 3 unspecified atom stereocenters. The number of nitrogens with zero attached hydrogens (tertiary/aromatic N) is 1. The third-order valence-electron chi connectivity index (χ3n) is 10.9. The molecule has 1 aromatic heterocycles. The lowest BCUT2D eigenvalue weighted by Crippen LogP contribution is -2.61. The minimum absolute atomic E-state index is 0.000723. The van der Waals surface area contributed by atoms with Crippen molar-refractivity contribution in [1.82, 2.24) is 4.90 Å². The van der Waals surface area contributed by atoms with E-state index in [9.17, 15) is 5.11 Å². The van der Waals surface area contributed by atoms with Gasteiger partial charge in [0, 0.05) is 10.7 Å². The van der Waals surface area contributed by atoms with E-state index in [0.29, 0.717) is 23.2 Å². The third-order valence-corrected chi connectivity index (χ3v) is 12.3. The molecule has 0 radical (unpaired) electrons. The molecule has 1 aromatic rings. The molecule has 4 heteroatoms. The minimum Gasteiger partial charge on any atom is -0.472 e. The predicted octanol–water partition coefficient (Wildman–Crippen LogP) is 6.57. The highest BCUT2D eigenvalue weighted by molar-refractivity contribution is 7.99. The summed E-state index contributed by atoms with van der Waals surface area (Å²) in [7, 11) is 4.36. The standard InChI is InChI=1S/C28H45NO2S/c1-26-12-8-22(32-17-5-15-29(3)4)18-21(26)6-7-25-24(26)9-13-27(2)23(10-14-28(25,27)30)20-11-16-31-19-20/h11,16,19,21-25,30H,5-10,12-15,17-18H2,1-4H3/t21?,22?,23?,24-,25-,26+,27-,28-/m1/s1. The van der Waals surface area contributed by atoms with E-state index in [1.165, 1.54) is 69.2 Å². The molecule has 1 N–H and O–H groups in total. The van der Waals surface area contributed by atoms with E-state index < -0.39 is 5.60 Å². The number of furan rings is 1. The zero-order valence-electron chi connectivity index (χ0n) is 20.8. The maximum atomic E-state index is 12.3. The summed E-state index contributed by atoms with van der Waals surface area (Å²) in [5.41, 5.74) is 1.26. The van der Waals surface area contributed by atoms with Gasteiger partial charge >= 0.3 is 0 Å². The molecule has 1 heterocycles. The largest absolute Gasteiger partial charge is 0.472 e. The highest BCUT2D eigenvalue weighted by Gasteiger charge is 2.67. The van der Waals surface area contributed by atoms with E-state index in [0.717, 1.165) is 24.0 Å². The first-order valence-corrected chi connectivity index (χ1v) is 14.3. The van der Waals surface area contributed by atoms with Gasteiger partial charge in [-0.05, 0) is 131 Å². The Labute approximate surface area is 200 Å². The van der Waals surface area contributed by atoms with E-state index in [2.05, 4.69) is 50.7 Å². The Hall–Kier alpha value is -0.450. The topological polar surface area (TPSA) is 36.6 Å². The number of fused-ring (bicyclic) bond motifs is 5. The molecular formula is C28H45NO2S. The van der Waals surface area contributed by atoms with Gasteiger partial charge in [-0.1, -0.05) is 13.8 Å². The highest BCUT2D eigenvalue weighted by atomic mass is 32.2. The first kappa shape index (κ1) is 23.3. The third kappa shape index (κ3) is 3.62. The molecule has 0 spiro atoms.